The van der Waals surface area contributed by atoms with Crippen LogP contribution < -0.4 is 0 Å². The van der Waals surface area contributed by atoms with Crippen LogP contribution in [0.4, 0.5) is 26.3 Å². The molecule has 0 aliphatic rings. The fourth-order valence-electron chi connectivity index (χ4n) is 0.930. The van der Waals surface area contributed by atoms with Crippen LogP contribution in [0.1, 0.15) is 10.4 Å². The largest absolute Gasteiger partial charge is 0.300 e. The van der Waals surface area contributed by atoms with Crippen molar-refractivity contribution in [3.8, 4) is 0 Å². The lowest BCUT2D eigenvalue weighted by molar-refractivity contribution is 0.0666. The summed E-state index contributed by atoms with van der Waals surface area (Å²) in [5.41, 5.74) is -1.92. The molecule has 0 atom stereocenters. The Bertz CT molecular complexity index is 429. The topological polar surface area (TPSA) is 17.1 Å². The molecule has 0 saturated heterocycles. The highest BCUT2D eigenvalue weighted by Gasteiger charge is 2.32. The molecule has 0 aliphatic heterocycles. The average Bonchev–Trinajstić information content (AvgIpc) is 2.23. The zero-order chi connectivity index (χ0) is 12.6. The van der Waals surface area contributed by atoms with Gasteiger partial charge >= 0.3 is 6.43 Å². The number of alkyl halides is 2. The van der Waals surface area contributed by atoms with Crippen molar-refractivity contribution in [2.24, 2.45) is 0 Å². The van der Waals surface area contributed by atoms with Crippen LogP contribution in [0.25, 0.3) is 0 Å². The molecule has 0 aliphatic carbocycles. The number of carbonyl (C=O) groups excluding carboxylic acids is 1. The Morgan fingerprint density at radius 2 is 1.31 bits per heavy atom. The quantitative estimate of drug-likeness (QED) is 0.354. The van der Waals surface area contributed by atoms with Gasteiger partial charge in [-0.3, -0.25) is 4.79 Å². The third-order valence-electron chi connectivity index (χ3n) is 1.65. The van der Waals surface area contributed by atoms with E-state index in [9.17, 15) is 31.1 Å². The molecule has 0 bridgehead atoms. The van der Waals surface area contributed by atoms with E-state index in [2.05, 4.69) is 15.9 Å². The van der Waals surface area contributed by atoms with E-state index in [-0.39, 0.29) is 0 Å². The van der Waals surface area contributed by atoms with Crippen molar-refractivity contribution in [1.29, 1.82) is 0 Å². The molecule has 8 heteroatoms. The second-order valence-electron chi connectivity index (χ2n) is 2.61. The van der Waals surface area contributed by atoms with Gasteiger partial charge in [-0.05, 0) is 15.9 Å². The Balaban J connectivity index is 3.58. The lowest BCUT2D eigenvalue weighted by Gasteiger charge is -2.07. The molecule has 88 valence electrons. The van der Waals surface area contributed by atoms with E-state index in [1.807, 2.05) is 0 Å². The maximum Gasteiger partial charge on any atom is 0.300 e. The molecule has 0 amide bonds. The second-order valence-corrected chi connectivity index (χ2v) is 3.40. The zero-order valence-corrected chi connectivity index (χ0v) is 8.72. The van der Waals surface area contributed by atoms with Crippen molar-refractivity contribution in [2.45, 2.75) is 6.43 Å². The van der Waals surface area contributed by atoms with E-state index >= 15 is 0 Å². The summed E-state index contributed by atoms with van der Waals surface area (Å²) < 4.78 is 74.2. The van der Waals surface area contributed by atoms with Crippen molar-refractivity contribution in [1.82, 2.24) is 0 Å². The minimum atomic E-state index is -3.76. The van der Waals surface area contributed by atoms with Gasteiger partial charge in [-0.2, -0.15) is 0 Å². The molecule has 1 nitrogen and oxygen atoms in total. The first-order valence-corrected chi connectivity index (χ1v) is 4.42. The SMILES string of the molecule is O=C(c1c(F)c(F)c(Br)c(F)c1F)C(F)F. The summed E-state index contributed by atoms with van der Waals surface area (Å²) in [6.45, 7) is 0. The summed E-state index contributed by atoms with van der Waals surface area (Å²) in [5, 5.41) is 0. The fourth-order valence-corrected chi connectivity index (χ4v) is 1.28. The van der Waals surface area contributed by atoms with Crippen molar-refractivity contribution in [3.05, 3.63) is 33.3 Å². The van der Waals surface area contributed by atoms with Gasteiger partial charge in [0.1, 0.15) is 5.56 Å². The van der Waals surface area contributed by atoms with Crippen LogP contribution >= 0.6 is 15.9 Å². The van der Waals surface area contributed by atoms with Gasteiger partial charge < -0.3 is 0 Å². The third-order valence-corrected chi connectivity index (χ3v) is 2.35. The minimum Gasteiger partial charge on any atom is -0.287 e. The van der Waals surface area contributed by atoms with Gasteiger partial charge in [0, 0.05) is 0 Å². The highest BCUT2D eigenvalue weighted by Crippen LogP contribution is 2.29. The molecule has 0 spiro atoms. The lowest BCUT2D eigenvalue weighted by Crippen LogP contribution is -2.17. The van der Waals surface area contributed by atoms with Crippen molar-refractivity contribution >= 4 is 21.7 Å². The number of rotatable bonds is 2. The van der Waals surface area contributed by atoms with Crippen LogP contribution in [0.3, 0.4) is 0 Å². The standard InChI is InChI=1S/C8HBrF6O/c9-2-5(12)3(10)1(4(11)6(2)13)7(16)8(14)15/h8H. The number of hydrogen-bond donors (Lipinski definition) is 0. The number of Topliss-reactive ketones (excluding diaryl/α,β-unsaturated/α-hetero) is 1. The molecule has 0 radical (unpaired) electrons. The number of hydrogen-bond acceptors (Lipinski definition) is 1. The first-order chi connectivity index (χ1) is 7.29. The first kappa shape index (κ1) is 13.0. The summed E-state index contributed by atoms with van der Waals surface area (Å²) in [6.07, 6.45) is -3.76. The van der Waals surface area contributed by atoms with E-state index in [0.29, 0.717) is 0 Å². The monoisotopic (exact) mass is 306 g/mol. The number of benzene rings is 1. The Morgan fingerprint density at radius 3 is 1.62 bits per heavy atom. The molecule has 16 heavy (non-hydrogen) atoms. The van der Waals surface area contributed by atoms with Gasteiger partial charge in [-0.25, -0.2) is 26.3 Å². The zero-order valence-electron chi connectivity index (χ0n) is 7.13. The fraction of sp³-hybridized carbons (Fsp3) is 0.125. The minimum absolute atomic E-state index is 1.20. The predicted molar refractivity (Wildman–Crippen MR) is 44.3 cm³/mol. The third kappa shape index (κ3) is 1.93. The molecule has 0 fully saturated rings. The summed E-state index contributed by atoms with van der Waals surface area (Å²) in [5.74, 6) is -10.5. The van der Waals surface area contributed by atoms with E-state index in [0.717, 1.165) is 0 Å². The van der Waals surface area contributed by atoms with Crippen LogP contribution in [0.15, 0.2) is 4.47 Å². The van der Waals surface area contributed by atoms with Crippen molar-refractivity contribution in [3.63, 3.8) is 0 Å². The summed E-state index contributed by atoms with van der Waals surface area (Å²) in [6, 6.07) is 0. The summed E-state index contributed by atoms with van der Waals surface area (Å²) in [4.78, 5) is 10.6. The Hall–Kier alpha value is -1.05. The Morgan fingerprint density at radius 1 is 0.938 bits per heavy atom. The van der Waals surface area contributed by atoms with Crippen molar-refractivity contribution in [2.75, 3.05) is 0 Å². The van der Waals surface area contributed by atoms with Crippen molar-refractivity contribution < 1.29 is 31.1 Å². The van der Waals surface area contributed by atoms with Gasteiger partial charge in [-0.1, -0.05) is 0 Å². The Kier molecular flexibility index (Phi) is 3.61. The lowest BCUT2D eigenvalue weighted by atomic mass is 10.1. The summed E-state index contributed by atoms with van der Waals surface area (Å²) in [7, 11) is 0. The first-order valence-electron chi connectivity index (χ1n) is 3.62. The van der Waals surface area contributed by atoms with E-state index < -0.39 is 45.5 Å². The maximum absolute atomic E-state index is 12.9. The number of ketones is 1. The molecule has 1 rings (SSSR count). The molecule has 1 aromatic carbocycles. The second kappa shape index (κ2) is 4.44. The predicted octanol–water partition coefficient (Wildman–Crippen LogP) is 3.45. The van der Waals surface area contributed by atoms with Gasteiger partial charge in [0.2, 0.25) is 5.78 Å². The Labute approximate surface area is 93.2 Å². The molecule has 0 unspecified atom stereocenters. The van der Waals surface area contributed by atoms with Crippen LogP contribution in [0.2, 0.25) is 0 Å². The molecular formula is C8HBrF6O. The van der Waals surface area contributed by atoms with Gasteiger partial charge in [0.05, 0.1) is 4.47 Å². The highest BCUT2D eigenvalue weighted by atomic mass is 79.9. The number of carbonyl (C=O) groups is 1. The molecule has 0 aromatic heterocycles. The van der Waals surface area contributed by atoms with E-state index in [1.165, 1.54) is 0 Å². The van der Waals surface area contributed by atoms with E-state index in [4.69, 9.17) is 0 Å². The maximum atomic E-state index is 12.9. The molecule has 0 heterocycles. The van der Waals surface area contributed by atoms with Gasteiger partial charge in [0.15, 0.2) is 23.3 Å². The molecule has 0 N–H and O–H groups in total. The van der Waals surface area contributed by atoms with E-state index in [1.54, 1.807) is 0 Å². The smallest absolute Gasteiger partial charge is 0.287 e. The molecular weight excluding hydrogens is 306 g/mol. The normalized spacial score (nSPS) is 11.0. The molecule has 0 saturated carbocycles. The van der Waals surface area contributed by atoms with Crippen LogP contribution in [-0.2, 0) is 0 Å². The average molecular weight is 307 g/mol. The van der Waals surface area contributed by atoms with Crippen LogP contribution in [0, 0.1) is 23.3 Å². The highest BCUT2D eigenvalue weighted by molar-refractivity contribution is 9.10. The molecule has 1 aromatic rings. The van der Waals surface area contributed by atoms with Gasteiger partial charge in [0.25, 0.3) is 0 Å². The number of halogens is 7. The van der Waals surface area contributed by atoms with Crippen LogP contribution in [0.5, 0.6) is 0 Å². The summed E-state index contributed by atoms with van der Waals surface area (Å²) >= 11 is 2.17. The van der Waals surface area contributed by atoms with Gasteiger partial charge in [-0.15, -0.1) is 0 Å². The van der Waals surface area contributed by atoms with Crippen LogP contribution in [-0.4, -0.2) is 12.2 Å².